The number of benzene rings is 5. The van der Waals surface area contributed by atoms with Crippen LogP contribution in [0.3, 0.4) is 0 Å². The molecule has 4 aliphatic rings. The highest BCUT2D eigenvalue weighted by atomic mass is 16.5. The highest BCUT2D eigenvalue weighted by Gasteiger charge is 2.45. The SMILES string of the molecule is C=C(C)[C@@H]1CCC(C)=C[C@H]1c1c(O)cc(CCCCC)cc1O.CCCCCc1cc(O)c(C/C=C(\C)CCC=C(C)C)c(O)c1.CCCCCc1cc(O)c2c(c1)OC(C)(C)[C@@H]1CCC(C)=C[C@@H]21.CCCCCc1cc(O)c2c(c1)OC(C)(C)c1ccc(C)cc1-2. The fourth-order valence-electron chi connectivity index (χ4n) is 14.0. The molecule has 2 aliphatic heterocycles. The Morgan fingerprint density at radius 2 is 1.00 bits per heavy atom. The van der Waals surface area contributed by atoms with Crippen LogP contribution in [0, 0.1) is 18.8 Å². The number of hydrogen-bond donors (Lipinski definition) is 6. The number of hydrogen-bond acceptors (Lipinski definition) is 8. The quantitative estimate of drug-likeness (QED) is 0.0281. The van der Waals surface area contributed by atoms with Gasteiger partial charge in [-0.2, -0.15) is 0 Å². The van der Waals surface area contributed by atoms with E-state index in [9.17, 15) is 30.6 Å². The molecular weight excluding hydrogens is 1140 g/mol. The zero-order chi connectivity index (χ0) is 67.5. The minimum atomic E-state index is -0.384. The van der Waals surface area contributed by atoms with Crippen LogP contribution in [0.2, 0.25) is 0 Å². The minimum Gasteiger partial charge on any atom is -0.508 e. The van der Waals surface area contributed by atoms with Crippen LogP contribution in [0.1, 0.15) is 274 Å². The maximum atomic E-state index is 10.7. The van der Waals surface area contributed by atoms with Gasteiger partial charge in [-0.05, 0) is 255 Å². The van der Waals surface area contributed by atoms with Gasteiger partial charge in [-0.15, -0.1) is 0 Å². The van der Waals surface area contributed by atoms with E-state index in [1.165, 1.54) is 91.2 Å². The number of ether oxygens (including phenoxy) is 2. The van der Waals surface area contributed by atoms with Crippen LogP contribution in [-0.4, -0.2) is 36.2 Å². The third kappa shape index (κ3) is 20.6. The zero-order valence-corrected chi connectivity index (χ0v) is 59.4. The Morgan fingerprint density at radius 3 is 1.51 bits per heavy atom. The molecule has 6 N–H and O–H groups in total. The molecule has 0 saturated heterocycles. The third-order valence-electron chi connectivity index (χ3n) is 19.3. The number of unbranched alkanes of at least 4 members (excludes halogenated alkanes) is 8. The van der Waals surface area contributed by atoms with Crippen LogP contribution in [0.15, 0.2) is 125 Å². The largest absolute Gasteiger partial charge is 0.508 e. The van der Waals surface area contributed by atoms with Gasteiger partial charge in [0.1, 0.15) is 57.2 Å². The first-order valence-electron chi connectivity index (χ1n) is 35.3. The van der Waals surface area contributed by atoms with E-state index in [1.807, 2.05) is 31.2 Å². The fourth-order valence-corrected chi connectivity index (χ4v) is 14.0. The van der Waals surface area contributed by atoms with Gasteiger partial charge >= 0.3 is 0 Å². The topological polar surface area (TPSA) is 140 Å². The number of aromatic hydroxyl groups is 6. The molecule has 0 amide bonds. The lowest BCUT2D eigenvalue weighted by molar-refractivity contribution is 0.0107. The lowest BCUT2D eigenvalue weighted by atomic mass is 9.68. The summed E-state index contributed by atoms with van der Waals surface area (Å²) >= 11 is 0. The van der Waals surface area contributed by atoms with E-state index < -0.39 is 0 Å². The molecule has 9 rings (SSSR count). The molecule has 0 aromatic heterocycles. The summed E-state index contributed by atoms with van der Waals surface area (Å²) in [6.07, 6.45) is 33.7. The number of allylic oxidation sites excluding steroid dienone is 9. The van der Waals surface area contributed by atoms with Gasteiger partial charge in [-0.1, -0.05) is 162 Å². The summed E-state index contributed by atoms with van der Waals surface area (Å²) in [5.41, 5.74) is 16.9. The predicted molar refractivity (Wildman–Crippen MR) is 387 cm³/mol. The van der Waals surface area contributed by atoms with E-state index in [-0.39, 0.29) is 52.0 Å². The first kappa shape index (κ1) is 74.2. The molecule has 5 aromatic carbocycles. The summed E-state index contributed by atoms with van der Waals surface area (Å²) in [6.45, 7) is 36.2. The summed E-state index contributed by atoms with van der Waals surface area (Å²) in [7, 11) is 0. The maximum Gasteiger partial charge on any atom is 0.132 e. The summed E-state index contributed by atoms with van der Waals surface area (Å²) in [4.78, 5) is 0. The van der Waals surface area contributed by atoms with Crippen molar-refractivity contribution in [3.63, 3.8) is 0 Å². The Kier molecular flexibility index (Phi) is 28.2. The maximum absolute atomic E-state index is 10.7. The van der Waals surface area contributed by atoms with Gasteiger partial charge in [0, 0.05) is 40.0 Å². The molecule has 2 heterocycles. The minimum absolute atomic E-state index is 0.0194. The number of rotatable bonds is 23. The second-order valence-corrected chi connectivity index (χ2v) is 28.7. The van der Waals surface area contributed by atoms with Crippen molar-refractivity contribution in [1.29, 1.82) is 0 Å². The highest BCUT2D eigenvalue weighted by Crippen LogP contribution is 2.54. The van der Waals surface area contributed by atoms with Crippen molar-refractivity contribution in [3.05, 3.63) is 176 Å². The Hall–Kier alpha value is -6.80. The van der Waals surface area contributed by atoms with Crippen LogP contribution in [-0.2, 0) is 37.7 Å². The van der Waals surface area contributed by atoms with Crippen molar-refractivity contribution in [2.45, 2.75) is 275 Å². The number of phenols is 6. The van der Waals surface area contributed by atoms with Crippen LogP contribution < -0.4 is 9.47 Å². The van der Waals surface area contributed by atoms with E-state index in [0.717, 1.165) is 139 Å². The van der Waals surface area contributed by atoms with Crippen molar-refractivity contribution in [2.75, 3.05) is 0 Å². The third-order valence-corrected chi connectivity index (χ3v) is 19.3. The van der Waals surface area contributed by atoms with E-state index in [4.69, 9.17) is 9.47 Å². The second-order valence-electron chi connectivity index (χ2n) is 28.7. The van der Waals surface area contributed by atoms with Gasteiger partial charge in [0.25, 0.3) is 0 Å². The Labute approximate surface area is 556 Å². The van der Waals surface area contributed by atoms with Crippen molar-refractivity contribution >= 4 is 0 Å². The molecular formula is C84H118O8. The van der Waals surface area contributed by atoms with E-state index in [0.29, 0.717) is 35.0 Å². The first-order chi connectivity index (χ1) is 43.7. The van der Waals surface area contributed by atoms with Crippen molar-refractivity contribution in [1.82, 2.24) is 0 Å². The molecule has 8 heteroatoms. The average Bonchev–Trinajstić information content (AvgIpc) is 0.757. The molecule has 0 bridgehead atoms. The molecule has 0 fully saturated rings. The molecule has 8 nitrogen and oxygen atoms in total. The van der Waals surface area contributed by atoms with Crippen molar-refractivity contribution in [2.24, 2.45) is 11.8 Å². The standard InChI is InChI=1S/C21H30O2.C21H26O2.C21H30O2.C21H32O2/c2*1-5-6-7-8-15-12-18(22)20-16-11-14(2)9-10-17(16)21(3,4)23-19(20)13-15;1-5-6-7-8-16-12-19(22)21(20(23)13-16)18-11-15(4)9-10-17(18)14(2)3;1-5-6-7-11-18-14-20(22)19(21(23)15-18)13-12-17(4)10-8-9-16(2)3/h11-13,16-17,22H,5-10H2,1-4H3;9-13,22H,5-8H2,1-4H3;11-13,17-18,22-23H,2,5-10H2,1,3-4H3;9,12,14-15,22-23H,5-8,10-11,13H2,1-4H3/b;;;17-12+/t16-,17-;;17-,18+;/m1.0./s1. The van der Waals surface area contributed by atoms with Gasteiger partial charge in [-0.3, -0.25) is 0 Å². The zero-order valence-electron chi connectivity index (χ0n) is 59.4. The van der Waals surface area contributed by atoms with Crippen molar-refractivity contribution in [3.8, 4) is 57.1 Å². The Morgan fingerprint density at radius 1 is 0.533 bits per heavy atom. The molecule has 0 spiro atoms. The van der Waals surface area contributed by atoms with E-state index >= 15 is 0 Å². The lowest BCUT2D eigenvalue weighted by Crippen LogP contribution is -2.45. The number of phenolic OH excluding ortho intramolecular Hbond substituents is 6. The normalized spacial score (nSPS) is 18.1. The van der Waals surface area contributed by atoms with Gasteiger partial charge in [-0.25, -0.2) is 0 Å². The van der Waals surface area contributed by atoms with E-state index in [2.05, 4.69) is 158 Å². The molecule has 0 radical (unpaired) electrons. The number of aryl methyl sites for hydroxylation is 5. The van der Waals surface area contributed by atoms with Crippen LogP contribution >= 0.6 is 0 Å². The van der Waals surface area contributed by atoms with Gasteiger partial charge in [0.15, 0.2) is 0 Å². The summed E-state index contributed by atoms with van der Waals surface area (Å²) < 4.78 is 12.6. The lowest BCUT2D eigenvalue weighted by Gasteiger charge is -2.46. The number of fused-ring (bicyclic) bond motifs is 6. The van der Waals surface area contributed by atoms with Crippen LogP contribution in [0.25, 0.3) is 11.1 Å². The Bertz CT molecular complexity index is 3330. The molecule has 4 atom stereocenters. The van der Waals surface area contributed by atoms with Gasteiger partial charge in [0.2, 0.25) is 0 Å². The summed E-state index contributed by atoms with van der Waals surface area (Å²) in [5, 5.41) is 62.8. The van der Waals surface area contributed by atoms with E-state index in [1.54, 1.807) is 12.1 Å². The summed E-state index contributed by atoms with van der Waals surface area (Å²) in [5.74, 6) is 4.34. The summed E-state index contributed by atoms with van der Waals surface area (Å²) in [6, 6.07) is 21.8. The monoisotopic (exact) mass is 1250 g/mol. The van der Waals surface area contributed by atoms with Gasteiger partial charge < -0.3 is 40.1 Å². The fraction of sp³-hybridized carbons (Fsp3) is 0.524. The molecule has 92 heavy (non-hydrogen) atoms. The Balaban J connectivity index is 0.000000195. The molecule has 0 unspecified atom stereocenters. The second kappa shape index (κ2) is 34.9. The van der Waals surface area contributed by atoms with Crippen LogP contribution in [0.5, 0.6) is 46.0 Å². The molecule has 502 valence electrons. The average molecular weight is 1260 g/mol. The first-order valence-corrected chi connectivity index (χ1v) is 35.3. The van der Waals surface area contributed by atoms with Gasteiger partial charge in [0.05, 0.1) is 5.56 Å². The molecule has 0 saturated carbocycles. The van der Waals surface area contributed by atoms with Crippen molar-refractivity contribution < 1.29 is 40.1 Å². The molecule has 2 aliphatic carbocycles. The van der Waals surface area contributed by atoms with Crippen LogP contribution in [0.4, 0.5) is 0 Å². The highest BCUT2D eigenvalue weighted by molar-refractivity contribution is 5.82. The smallest absolute Gasteiger partial charge is 0.132 e. The predicted octanol–water partition coefficient (Wildman–Crippen LogP) is 23.4. The molecule has 5 aromatic rings.